The molecule has 1 saturated heterocycles. The maximum Gasteiger partial charge on any atom is 0.408 e. The molecule has 61 heavy (non-hydrogen) atoms. The Morgan fingerprint density at radius 2 is 1.51 bits per heavy atom. The number of nitrogens with one attached hydrogen (secondary N) is 1. The highest BCUT2D eigenvalue weighted by atomic mass is 16.6. The number of carbonyl (C=O) groups is 5. The van der Waals surface area contributed by atoms with Crippen LogP contribution in [0, 0.1) is 16.7 Å². The van der Waals surface area contributed by atoms with Gasteiger partial charge in [-0.05, 0) is 48.3 Å². The lowest BCUT2D eigenvalue weighted by atomic mass is 9.44. The van der Waals surface area contributed by atoms with E-state index in [0.717, 1.165) is 6.92 Å². The van der Waals surface area contributed by atoms with Crippen LogP contribution in [-0.2, 0) is 44.7 Å². The zero-order valence-corrected chi connectivity index (χ0v) is 34.5. The summed E-state index contributed by atoms with van der Waals surface area (Å²) in [6, 6.07) is 23.5. The Morgan fingerprint density at radius 3 is 2.10 bits per heavy atom. The van der Waals surface area contributed by atoms with Gasteiger partial charge in [-0.2, -0.15) is 0 Å². The quantitative estimate of drug-likeness (QED) is 0.112. The molecule has 11 atom stereocenters. The molecule has 3 aliphatic carbocycles. The second kappa shape index (κ2) is 16.4. The zero-order valence-electron chi connectivity index (χ0n) is 34.5. The number of fused-ring (bicyclic) bond motifs is 5. The summed E-state index contributed by atoms with van der Waals surface area (Å²) in [7, 11) is 0. The number of carbonyl (C=O) groups excluding carboxylic acids is 5. The SMILES string of the molecule is CC(=O)O[C@@]12COC1C[C@H](O)[C@@]1(C)C(=O)[C@H](O)C3=C(C)C(OC(=O)C(O)[C@@H](NC(=O)OCc4ccccc4)c4ccccc4)C[C@@](O)(C(OC(=O)c4ccccc4)C21)C3(C)C. The average Bonchev–Trinajstić information content (AvgIpc) is 3.24. The Kier molecular flexibility index (Phi) is 11.8. The van der Waals surface area contributed by atoms with Gasteiger partial charge in [-0.3, -0.25) is 9.59 Å². The van der Waals surface area contributed by atoms with Gasteiger partial charge >= 0.3 is 24.0 Å². The summed E-state index contributed by atoms with van der Waals surface area (Å²) >= 11 is 0. The normalized spacial score (nSPS) is 32.2. The van der Waals surface area contributed by atoms with E-state index in [4.69, 9.17) is 23.7 Å². The van der Waals surface area contributed by atoms with Gasteiger partial charge < -0.3 is 49.4 Å². The van der Waals surface area contributed by atoms with Crippen molar-refractivity contribution in [2.45, 2.75) is 108 Å². The molecular formula is C46H51NO14. The molecule has 3 fully saturated rings. The number of Topliss-reactive ketones (excluding diaryl/α,β-unsaturated/α-hetero) is 1. The van der Waals surface area contributed by atoms with Gasteiger partial charge in [0.2, 0.25) is 0 Å². The van der Waals surface area contributed by atoms with Gasteiger partial charge in [0, 0.05) is 25.2 Å². The van der Waals surface area contributed by atoms with Crippen LogP contribution in [0.1, 0.15) is 75.0 Å². The molecule has 4 aliphatic rings. The van der Waals surface area contributed by atoms with Gasteiger partial charge in [-0.25, -0.2) is 14.4 Å². The van der Waals surface area contributed by atoms with Gasteiger partial charge in [-0.15, -0.1) is 0 Å². The third kappa shape index (κ3) is 7.41. The molecule has 2 bridgehead atoms. The standard InChI is InChI=1S/C46H51NO14/c1-25-30(59-41(54)36(51)34(28-17-11-7-12-18-28)47-42(55)57-23-27-15-9-6-10-16-27)22-46(56)39(60-40(53)29-19-13-8-14-20-29)37-44(5,38(52)35(50)33(25)43(46,3)4)31(49)21-32-45(37,24-58-32)61-26(2)48/h6-20,30-32,34-37,39,49-51,56H,21-24H2,1-5H3,(H,47,55)/t30?,31-,32?,34-,35+,36?,37?,39?,44+,45-,46+/m0/s1. The number of amides is 1. The zero-order chi connectivity index (χ0) is 44.1. The Bertz CT molecular complexity index is 2200. The Hall–Kier alpha value is -5.45. The van der Waals surface area contributed by atoms with E-state index in [9.17, 15) is 44.4 Å². The molecule has 15 heteroatoms. The molecule has 2 saturated carbocycles. The first-order valence-electron chi connectivity index (χ1n) is 20.2. The molecule has 1 aliphatic heterocycles. The molecule has 0 radical (unpaired) electrons. The van der Waals surface area contributed by atoms with E-state index < -0.39 is 107 Å². The summed E-state index contributed by atoms with van der Waals surface area (Å²) in [4.78, 5) is 69.3. The smallest absolute Gasteiger partial charge is 0.408 e. The Morgan fingerprint density at radius 1 is 0.902 bits per heavy atom. The van der Waals surface area contributed by atoms with Gasteiger partial charge in [-0.1, -0.05) is 92.7 Å². The number of aliphatic hydroxyl groups excluding tert-OH is 3. The molecule has 5 unspecified atom stereocenters. The van der Waals surface area contributed by atoms with Crippen LogP contribution in [-0.4, -0.2) is 105 Å². The predicted octanol–water partition coefficient (Wildman–Crippen LogP) is 3.66. The third-order valence-electron chi connectivity index (χ3n) is 13.4. The molecule has 3 aromatic carbocycles. The monoisotopic (exact) mass is 841 g/mol. The van der Waals surface area contributed by atoms with Gasteiger partial charge in [0.1, 0.15) is 36.6 Å². The van der Waals surface area contributed by atoms with Crippen molar-refractivity contribution < 1.29 is 68.1 Å². The lowest BCUT2D eigenvalue weighted by molar-refractivity contribution is -0.346. The van der Waals surface area contributed by atoms with Crippen LogP contribution in [0.15, 0.2) is 102 Å². The minimum absolute atomic E-state index is 0.0677. The molecule has 1 heterocycles. The van der Waals surface area contributed by atoms with Crippen LogP contribution >= 0.6 is 0 Å². The molecule has 0 spiro atoms. The number of hydrogen-bond acceptors (Lipinski definition) is 14. The van der Waals surface area contributed by atoms with Crippen molar-refractivity contribution in [2.24, 2.45) is 16.7 Å². The van der Waals surface area contributed by atoms with Crippen molar-refractivity contribution in [1.29, 1.82) is 0 Å². The van der Waals surface area contributed by atoms with E-state index >= 15 is 0 Å². The summed E-state index contributed by atoms with van der Waals surface area (Å²) < 4.78 is 29.6. The Labute approximate surface area is 352 Å². The van der Waals surface area contributed by atoms with Crippen LogP contribution < -0.4 is 5.32 Å². The maximum absolute atomic E-state index is 15.0. The number of aliphatic hydroxyl groups is 4. The number of hydrogen-bond donors (Lipinski definition) is 5. The van der Waals surface area contributed by atoms with Crippen LogP contribution in [0.25, 0.3) is 0 Å². The van der Waals surface area contributed by atoms with E-state index in [2.05, 4.69) is 5.32 Å². The van der Waals surface area contributed by atoms with Crippen molar-refractivity contribution in [1.82, 2.24) is 5.32 Å². The molecule has 1 amide bonds. The highest BCUT2D eigenvalue weighted by molar-refractivity contribution is 5.94. The van der Waals surface area contributed by atoms with E-state index in [1.54, 1.807) is 86.6 Å². The summed E-state index contributed by atoms with van der Waals surface area (Å²) in [5.41, 5.74) is -6.57. The second-order valence-electron chi connectivity index (χ2n) is 17.1. The van der Waals surface area contributed by atoms with Crippen LogP contribution in [0.4, 0.5) is 4.79 Å². The van der Waals surface area contributed by atoms with E-state index in [1.165, 1.54) is 26.0 Å². The Balaban J connectivity index is 1.30. The minimum atomic E-state index is -2.36. The number of rotatable bonds is 10. The van der Waals surface area contributed by atoms with E-state index in [-0.39, 0.29) is 36.3 Å². The van der Waals surface area contributed by atoms with Crippen molar-refractivity contribution in [3.63, 3.8) is 0 Å². The van der Waals surface area contributed by atoms with Crippen molar-refractivity contribution in [3.05, 3.63) is 119 Å². The summed E-state index contributed by atoms with van der Waals surface area (Å²) in [5, 5.41) is 51.8. The number of ether oxygens (including phenoxy) is 5. The highest BCUT2D eigenvalue weighted by Gasteiger charge is 2.78. The first-order chi connectivity index (χ1) is 28.9. The number of esters is 3. The molecular weight excluding hydrogens is 790 g/mol. The summed E-state index contributed by atoms with van der Waals surface area (Å²) in [6.07, 6.45) is -11.6. The fourth-order valence-corrected chi connectivity index (χ4v) is 10.0. The van der Waals surface area contributed by atoms with Crippen LogP contribution in [0.3, 0.4) is 0 Å². The number of alkyl carbamates (subject to hydrolysis) is 1. The maximum atomic E-state index is 15.0. The fourth-order valence-electron chi connectivity index (χ4n) is 10.0. The second-order valence-corrected chi connectivity index (χ2v) is 17.1. The molecule has 5 N–H and O–H groups in total. The molecule has 324 valence electrons. The first kappa shape index (κ1) is 43.6. The van der Waals surface area contributed by atoms with Gasteiger partial charge in [0.25, 0.3) is 0 Å². The van der Waals surface area contributed by atoms with Crippen molar-refractivity contribution in [2.75, 3.05) is 6.61 Å². The van der Waals surface area contributed by atoms with Gasteiger partial charge in [0.05, 0.1) is 35.6 Å². The number of benzene rings is 3. The molecule has 0 aromatic heterocycles. The third-order valence-corrected chi connectivity index (χ3v) is 13.4. The molecule has 15 nitrogen and oxygen atoms in total. The topological polar surface area (TPSA) is 224 Å². The highest BCUT2D eigenvalue weighted by Crippen LogP contribution is 2.64. The largest absolute Gasteiger partial charge is 0.456 e. The van der Waals surface area contributed by atoms with Crippen molar-refractivity contribution in [3.8, 4) is 0 Å². The lowest BCUT2D eigenvalue weighted by Crippen LogP contribution is -2.81. The average molecular weight is 842 g/mol. The minimum Gasteiger partial charge on any atom is -0.456 e. The summed E-state index contributed by atoms with van der Waals surface area (Å²) in [5.74, 6) is -5.39. The van der Waals surface area contributed by atoms with E-state index in [0.29, 0.717) is 11.1 Å². The van der Waals surface area contributed by atoms with E-state index in [1.807, 2.05) is 6.07 Å². The first-order valence-corrected chi connectivity index (χ1v) is 20.2. The fraction of sp³-hybridized carbons (Fsp3) is 0.457. The summed E-state index contributed by atoms with van der Waals surface area (Å²) in [6.45, 7) is 6.75. The lowest BCUT2D eigenvalue weighted by Gasteiger charge is -2.67. The molecule has 3 aromatic rings. The number of ketones is 1. The van der Waals surface area contributed by atoms with Crippen LogP contribution in [0.5, 0.6) is 0 Å². The van der Waals surface area contributed by atoms with Crippen molar-refractivity contribution >= 4 is 29.8 Å². The van der Waals surface area contributed by atoms with Crippen LogP contribution in [0.2, 0.25) is 0 Å². The van der Waals surface area contributed by atoms with Gasteiger partial charge in [0.15, 0.2) is 17.5 Å². The predicted molar refractivity (Wildman–Crippen MR) is 214 cm³/mol. The molecule has 7 rings (SSSR count).